The third-order valence-corrected chi connectivity index (χ3v) is 3.22. The highest BCUT2D eigenvalue weighted by Crippen LogP contribution is 2.49. The van der Waals surface area contributed by atoms with Crippen molar-refractivity contribution in [2.24, 2.45) is 0 Å². The van der Waals surface area contributed by atoms with Crippen LogP contribution < -0.4 is 9.47 Å². The summed E-state index contributed by atoms with van der Waals surface area (Å²) in [5.41, 5.74) is 1.05. The molecule has 1 saturated heterocycles. The Labute approximate surface area is 105 Å². The summed E-state index contributed by atoms with van der Waals surface area (Å²) < 4.78 is 21.6. The van der Waals surface area contributed by atoms with Crippen LogP contribution in [-0.2, 0) is 14.3 Å². The van der Waals surface area contributed by atoms with E-state index in [-0.39, 0.29) is 18.2 Å². The summed E-state index contributed by atoms with van der Waals surface area (Å²) in [6, 6.07) is 5.76. The van der Waals surface area contributed by atoms with Gasteiger partial charge in [0, 0.05) is 18.9 Å². The Bertz CT molecular complexity index is 484. The molecule has 0 radical (unpaired) electrons. The molecule has 96 valence electrons. The third kappa shape index (κ3) is 1.71. The van der Waals surface area contributed by atoms with Gasteiger partial charge in [0.2, 0.25) is 12.6 Å². The van der Waals surface area contributed by atoms with Gasteiger partial charge in [0.1, 0.15) is 0 Å². The lowest BCUT2D eigenvalue weighted by Gasteiger charge is -2.14. The van der Waals surface area contributed by atoms with Crippen molar-refractivity contribution in [3.63, 3.8) is 0 Å². The molecule has 0 bridgehead atoms. The predicted molar refractivity (Wildman–Crippen MR) is 61.4 cm³/mol. The summed E-state index contributed by atoms with van der Waals surface area (Å²) in [6.07, 6.45) is -0.290. The second kappa shape index (κ2) is 4.17. The van der Waals surface area contributed by atoms with E-state index in [1.54, 1.807) is 7.11 Å². The lowest BCUT2D eigenvalue weighted by atomic mass is 9.98. The number of methoxy groups -OCH3 is 1. The van der Waals surface area contributed by atoms with E-state index in [1.165, 1.54) is 6.92 Å². The van der Waals surface area contributed by atoms with E-state index in [2.05, 4.69) is 0 Å². The van der Waals surface area contributed by atoms with Crippen LogP contribution in [0.25, 0.3) is 0 Å². The summed E-state index contributed by atoms with van der Waals surface area (Å²) in [7, 11) is 1.61. The largest absolute Gasteiger partial charge is 0.493 e. The predicted octanol–water partition coefficient (Wildman–Crippen LogP) is 1.81. The number of fused-ring (bicyclic) bond motifs is 3. The van der Waals surface area contributed by atoms with Gasteiger partial charge in [-0.05, 0) is 6.07 Å². The molecule has 3 unspecified atom stereocenters. The van der Waals surface area contributed by atoms with Gasteiger partial charge in [0.25, 0.3) is 0 Å². The van der Waals surface area contributed by atoms with Crippen molar-refractivity contribution in [3.05, 3.63) is 23.8 Å². The second-order valence-corrected chi connectivity index (χ2v) is 4.38. The molecule has 0 saturated carbocycles. The first-order valence-corrected chi connectivity index (χ1v) is 5.85. The summed E-state index contributed by atoms with van der Waals surface area (Å²) in [5.74, 6) is 1.19. The molecule has 2 aliphatic heterocycles. The Morgan fingerprint density at radius 3 is 3.00 bits per heavy atom. The van der Waals surface area contributed by atoms with Crippen molar-refractivity contribution < 1.29 is 23.7 Å². The standard InChI is InChI=1S/C13H14O5/c1-7(14)16-11-6-9-8-4-3-5-10(15-2)12(8)18-13(9)17-11/h3-5,9,11,13H,6H2,1-2H3. The highest BCUT2D eigenvalue weighted by atomic mass is 16.8. The average molecular weight is 250 g/mol. The van der Waals surface area contributed by atoms with E-state index >= 15 is 0 Å². The fraction of sp³-hybridized carbons (Fsp3) is 0.462. The maximum Gasteiger partial charge on any atom is 0.304 e. The quantitative estimate of drug-likeness (QED) is 0.749. The summed E-state index contributed by atoms with van der Waals surface area (Å²) in [5, 5.41) is 0. The molecule has 1 fully saturated rings. The van der Waals surface area contributed by atoms with E-state index in [0.29, 0.717) is 12.2 Å². The molecule has 1 aromatic rings. The van der Waals surface area contributed by atoms with Gasteiger partial charge in [0.15, 0.2) is 11.5 Å². The van der Waals surface area contributed by atoms with Gasteiger partial charge < -0.3 is 18.9 Å². The van der Waals surface area contributed by atoms with Crippen LogP contribution >= 0.6 is 0 Å². The minimum absolute atomic E-state index is 0.0967. The normalized spacial score (nSPS) is 28.2. The highest BCUT2D eigenvalue weighted by Gasteiger charge is 2.46. The Morgan fingerprint density at radius 2 is 2.28 bits per heavy atom. The maximum absolute atomic E-state index is 10.9. The Kier molecular flexibility index (Phi) is 2.63. The van der Waals surface area contributed by atoms with Crippen LogP contribution in [-0.4, -0.2) is 25.7 Å². The minimum atomic E-state index is -0.517. The van der Waals surface area contributed by atoms with Gasteiger partial charge >= 0.3 is 5.97 Å². The van der Waals surface area contributed by atoms with E-state index in [1.807, 2.05) is 18.2 Å². The lowest BCUT2D eigenvalue weighted by molar-refractivity contribution is -0.188. The van der Waals surface area contributed by atoms with Gasteiger partial charge in [-0.3, -0.25) is 4.79 Å². The number of hydrogen-bond acceptors (Lipinski definition) is 5. The zero-order valence-corrected chi connectivity index (χ0v) is 10.2. The first kappa shape index (κ1) is 11.3. The number of benzene rings is 1. The van der Waals surface area contributed by atoms with Crippen LogP contribution in [0.2, 0.25) is 0 Å². The molecule has 1 aromatic carbocycles. The summed E-state index contributed by atoms with van der Waals surface area (Å²) in [6.45, 7) is 1.37. The van der Waals surface area contributed by atoms with Crippen LogP contribution in [0.3, 0.4) is 0 Å². The number of ether oxygens (including phenoxy) is 4. The lowest BCUT2D eigenvalue weighted by Crippen LogP contribution is -2.19. The van der Waals surface area contributed by atoms with E-state index in [9.17, 15) is 4.79 Å². The third-order valence-electron chi connectivity index (χ3n) is 3.22. The molecule has 0 spiro atoms. The molecule has 0 amide bonds. The molecule has 18 heavy (non-hydrogen) atoms. The fourth-order valence-corrected chi connectivity index (χ4v) is 2.49. The Morgan fingerprint density at radius 1 is 1.44 bits per heavy atom. The molecule has 3 rings (SSSR count). The molecule has 0 aromatic heterocycles. The second-order valence-electron chi connectivity index (χ2n) is 4.38. The van der Waals surface area contributed by atoms with Crippen LogP contribution in [0.15, 0.2) is 18.2 Å². The van der Waals surface area contributed by atoms with Gasteiger partial charge in [0.05, 0.1) is 13.0 Å². The van der Waals surface area contributed by atoms with Crippen molar-refractivity contribution in [2.45, 2.75) is 31.8 Å². The van der Waals surface area contributed by atoms with Gasteiger partial charge in [-0.2, -0.15) is 0 Å². The van der Waals surface area contributed by atoms with Crippen LogP contribution in [0.4, 0.5) is 0 Å². The molecule has 0 aliphatic carbocycles. The van der Waals surface area contributed by atoms with Crippen LogP contribution in [0.5, 0.6) is 11.5 Å². The van der Waals surface area contributed by atoms with Crippen molar-refractivity contribution in [1.82, 2.24) is 0 Å². The number of hydrogen-bond donors (Lipinski definition) is 0. The fourth-order valence-electron chi connectivity index (χ4n) is 2.49. The molecule has 5 heteroatoms. The van der Waals surface area contributed by atoms with Gasteiger partial charge in [-0.1, -0.05) is 12.1 Å². The topological polar surface area (TPSA) is 54.0 Å². The van der Waals surface area contributed by atoms with Crippen molar-refractivity contribution in [3.8, 4) is 11.5 Å². The molecule has 5 nitrogen and oxygen atoms in total. The first-order chi connectivity index (χ1) is 8.69. The van der Waals surface area contributed by atoms with Gasteiger partial charge in [-0.15, -0.1) is 0 Å². The van der Waals surface area contributed by atoms with Crippen molar-refractivity contribution in [2.75, 3.05) is 7.11 Å². The van der Waals surface area contributed by atoms with Crippen LogP contribution in [0.1, 0.15) is 24.8 Å². The first-order valence-electron chi connectivity index (χ1n) is 5.85. The maximum atomic E-state index is 10.9. The zero-order chi connectivity index (χ0) is 12.7. The molecule has 2 heterocycles. The molecule has 0 N–H and O–H groups in total. The van der Waals surface area contributed by atoms with E-state index in [4.69, 9.17) is 18.9 Å². The molecule has 3 atom stereocenters. The number of para-hydroxylation sites is 1. The monoisotopic (exact) mass is 250 g/mol. The van der Waals surface area contributed by atoms with Crippen molar-refractivity contribution >= 4 is 5.97 Å². The van der Waals surface area contributed by atoms with E-state index in [0.717, 1.165) is 11.3 Å². The molecule has 2 aliphatic rings. The zero-order valence-electron chi connectivity index (χ0n) is 10.2. The van der Waals surface area contributed by atoms with Crippen LogP contribution in [0, 0.1) is 0 Å². The Hall–Kier alpha value is -1.75. The minimum Gasteiger partial charge on any atom is -0.493 e. The smallest absolute Gasteiger partial charge is 0.304 e. The average Bonchev–Trinajstić information content (AvgIpc) is 2.84. The van der Waals surface area contributed by atoms with E-state index < -0.39 is 6.29 Å². The SMILES string of the molecule is COc1cccc2c1OC1OC(OC(C)=O)CC21. The summed E-state index contributed by atoms with van der Waals surface area (Å²) >= 11 is 0. The van der Waals surface area contributed by atoms with Gasteiger partial charge in [-0.25, -0.2) is 0 Å². The molecular formula is C13H14O5. The number of carbonyl (C=O) groups is 1. The Balaban J connectivity index is 1.83. The summed E-state index contributed by atoms with van der Waals surface area (Å²) in [4.78, 5) is 10.9. The number of esters is 1. The number of rotatable bonds is 2. The highest BCUT2D eigenvalue weighted by molar-refractivity contribution is 5.66. The number of carbonyl (C=O) groups excluding carboxylic acids is 1. The van der Waals surface area contributed by atoms with Crippen molar-refractivity contribution in [1.29, 1.82) is 0 Å². The molecular weight excluding hydrogens is 236 g/mol.